The fourth-order valence-electron chi connectivity index (χ4n) is 1.56. The molecule has 0 aliphatic carbocycles. The van der Waals surface area contributed by atoms with Gasteiger partial charge in [0.2, 0.25) is 0 Å². The molecule has 1 aromatic rings. The Balaban J connectivity index is 2.66. The summed E-state index contributed by atoms with van der Waals surface area (Å²) in [5, 5.41) is 2.84. The third-order valence-electron chi connectivity index (χ3n) is 2.33. The van der Waals surface area contributed by atoms with Crippen LogP contribution in [0, 0.1) is 19.3 Å². The summed E-state index contributed by atoms with van der Waals surface area (Å²) in [4.78, 5) is 13.6. The molecule has 0 fully saturated rings. The molecule has 0 aliphatic heterocycles. The minimum Gasteiger partial charge on any atom is -0.313 e. The Bertz CT molecular complexity index is 420. The van der Waals surface area contributed by atoms with E-state index in [1.807, 2.05) is 38.1 Å². The first-order valence-corrected chi connectivity index (χ1v) is 5.73. The number of nitrogens with zero attached hydrogens (tertiary/aromatic N) is 1. The van der Waals surface area contributed by atoms with Crippen molar-refractivity contribution in [3.05, 3.63) is 29.8 Å². The van der Waals surface area contributed by atoms with Crippen molar-refractivity contribution in [2.24, 2.45) is 0 Å². The molecule has 0 saturated heterocycles. The Kier molecular flexibility index (Phi) is 5.09. The van der Waals surface area contributed by atoms with E-state index in [1.165, 1.54) is 0 Å². The minimum absolute atomic E-state index is 0.143. The van der Waals surface area contributed by atoms with E-state index in [4.69, 9.17) is 6.42 Å². The molecule has 17 heavy (non-hydrogen) atoms. The van der Waals surface area contributed by atoms with Gasteiger partial charge >= 0.3 is 6.03 Å². The number of hydrogen-bond donors (Lipinski definition) is 1. The van der Waals surface area contributed by atoms with Crippen LogP contribution in [0.1, 0.15) is 18.9 Å². The fourth-order valence-corrected chi connectivity index (χ4v) is 1.56. The zero-order valence-corrected chi connectivity index (χ0v) is 10.4. The molecule has 0 radical (unpaired) electrons. The number of carbonyl (C=O) groups excluding carboxylic acids is 1. The highest BCUT2D eigenvalue weighted by Gasteiger charge is 2.10. The summed E-state index contributed by atoms with van der Waals surface area (Å²) in [6, 6.07) is 7.55. The number of terminal acetylenes is 1. The van der Waals surface area contributed by atoms with Gasteiger partial charge in [-0.05, 0) is 31.0 Å². The molecule has 1 rings (SSSR count). The van der Waals surface area contributed by atoms with Crippen LogP contribution in [0.2, 0.25) is 0 Å². The monoisotopic (exact) mass is 230 g/mol. The molecule has 3 heteroatoms. The second-order valence-corrected chi connectivity index (χ2v) is 3.93. The molecule has 2 amide bonds. The highest BCUT2D eigenvalue weighted by atomic mass is 16.2. The van der Waals surface area contributed by atoms with Gasteiger partial charge in [-0.3, -0.25) is 0 Å². The molecular weight excluding hydrogens is 212 g/mol. The largest absolute Gasteiger partial charge is 0.322 e. The molecule has 0 saturated carbocycles. The number of anilines is 1. The molecule has 0 bridgehead atoms. The summed E-state index contributed by atoms with van der Waals surface area (Å²) in [6.45, 7) is 5.01. The van der Waals surface area contributed by atoms with Crippen molar-refractivity contribution in [3.63, 3.8) is 0 Å². The maximum Gasteiger partial charge on any atom is 0.322 e. The summed E-state index contributed by atoms with van der Waals surface area (Å²) >= 11 is 0. The molecule has 0 atom stereocenters. The number of amides is 2. The number of rotatable bonds is 4. The van der Waals surface area contributed by atoms with Gasteiger partial charge < -0.3 is 10.2 Å². The van der Waals surface area contributed by atoms with Crippen molar-refractivity contribution >= 4 is 11.7 Å². The van der Waals surface area contributed by atoms with Crippen LogP contribution in [0.3, 0.4) is 0 Å². The van der Waals surface area contributed by atoms with Gasteiger partial charge in [-0.25, -0.2) is 4.79 Å². The summed E-state index contributed by atoms with van der Waals surface area (Å²) in [5.74, 6) is 2.50. The predicted molar refractivity (Wildman–Crippen MR) is 70.9 cm³/mol. The van der Waals surface area contributed by atoms with E-state index in [2.05, 4.69) is 11.2 Å². The van der Waals surface area contributed by atoms with Crippen LogP contribution in [0.5, 0.6) is 0 Å². The van der Waals surface area contributed by atoms with E-state index in [1.54, 1.807) is 4.90 Å². The van der Waals surface area contributed by atoms with Crippen LogP contribution in [-0.4, -0.2) is 24.0 Å². The average Bonchev–Trinajstić information content (AvgIpc) is 2.28. The average molecular weight is 230 g/mol. The first kappa shape index (κ1) is 13.1. The second kappa shape index (κ2) is 6.59. The number of urea groups is 1. The maximum absolute atomic E-state index is 11.9. The van der Waals surface area contributed by atoms with Crippen molar-refractivity contribution in [1.29, 1.82) is 0 Å². The molecule has 3 nitrogen and oxygen atoms in total. The van der Waals surface area contributed by atoms with Crippen LogP contribution in [0.15, 0.2) is 24.3 Å². The third-order valence-corrected chi connectivity index (χ3v) is 2.33. The fraction of sp³-hybridized carbons (Fsp3) is 0.357. The van der Waals surface area contributed by atoms with E-state index in [-0.39, 0.29) is 6.03 Å². The van der Waals surface area contributed by atoms with Crippen molar-refractivity contribution in [1.82, 2.24) is 4.90 Å². The Morgan fingerprint density at radius 3 is 2.88 bits per heavy atom. The van der Waals surface area contributed by atoms with Crippen molar-refractivity contribution in [3.8, 4) is 12.3 Å². The highest BCUT2D eigenvalue weighted by molar-refractivity contribution is 5.89. The van der Waals surface area contributed by atoms with E-state index in [0.717, 1.165) is 17.7 Å². The SMILES string of the molecule is C#CCN(CCC)C(=O)Nc1cccc(C)c1. The smallest absolute Gasteiger partial charge is 0.313 e. The molecule has 1 aromatic carbocycles. The van der Waals surface area contributed by atoms with E-state index in [9.17, 15) is 4.79 Å². The molecular formula is C14H18N2O. The lowest BCUT2D eigenvalue weighted by molar-refractivity contribution is 0.218. The predicted octanol–water partition coefficient (Wildman–Crippen LogP) is 2.87. The number of nitrogens with one attached hydrogen (secondary N) is 1. The van der Waals surface area contributed by atoms with Crippen LogP contribution < -0.4 is 5.32 Å². The number of benzene rings is 1. The summed E-state index contributed by atoms with van der Waals surface area (Å²) < 4.78 is 0. The van der Waals surface area contributed by atoms with Gasteiger partial charge in [0.1, 0.15) is 0 Å². The topological polar surface area (TPSA) is 32.3 Å². The Hall–Kier alpha value is -1.95. The standard InChI is InChI=1S/C14H18N2O/c1-4-9-16(10-5-2)14(17)15-13-8-6-7-12(3)11-13/h1,6-8,11H,5,9-10H2,2-3H3,(H,15,17). The Morgan fingerprint density at radius 1 is 1.53 bits per heavy atom. The Labute approximate surface area is 103 Å². The quantitative estimate of drug-likeness (QED) is 0.792. The normalized spacial score (nSPS) is 9.47. The van der Waals surface area contributed by atoms with Gasteiger partial charge in [0, 0.05) is 12.2 Å². The molecule has 90 valence electrons. The number of carbonyl (C=O) groups is 1. The molecule has 0 unspecified atom stereocenters. The van der Waals surface area contributed by atoms with Crippen LogP contribution in [0.25, 0.3) is 0 Å². The van der Waals surface area contributed by atoms with Gasteiger partial charge in [0.15, 0.2) is 0 Å². The molecule has 0 heterocycles. The first-order chi connectivity index (χ1) is 8.17. The summed E-state index contributed by atoms with van der Waals surface area (Å²) in [7, 11) is 0. The van der Waals surface area contributed by atoms with Crippen molar-refractivity contribution in [2.75, 3.05) is 18.4 Å². The van der Waals surface area contributed by atoms with Gasteiger partial charge in [0.25, 0.3) is 0 Å². The van der Waals surface area contributed by atoms with E-state index in [0.29, 0.717) is 13.1 Å². The zero-order valence-electron chi connectivity index (χ0n) is 10.4. The molecule has 0 aliphatic rings. The van der Waals surface area contributed by atoms with Crippen LogP contribution in [-0.2, 0) is 0 Å². The van der Waals surface area contributed by atoms with Gasteiger partial charge in [-0.2, -0.15) is 0 Å². The Morgan fingerprint density at radius 2 is 2.29 bits per heavy atom. The zero-order chi connectivity index (χ0) is 12.7. The van der Waals surface area contributed by atoms with E-state index < -0.39 is 0 Å². The molecule has 0 aromatic heterocycles. The van der Waals surface area contributed by atoms with Crippen LogP contribution >= 0.6 is 0 Å². The molecule has 1 N–H and O–H groups in total. The second-order valence-electron chi connectivity index (χ2n) is 3.93. The van der Waals surface area contributed by atoms with Crippen molar-refractivity contribution in [2.45, 2.75) is 20.3 Å². The lowest BCUT2D eigenvalue weighted by Crippen LogP contribution is -2.35. The van der Waals surface area contributed by atoms with Gasteiger partial charge in [0.05, 0.1) is 6.54 Å². The number of aryl methyl sites for hydroxylation is 1. The van der Waals surface area contributed by atoms with Gasteiger partial charge in [-0.15, -0.1) is 6.42 Å². The lowest BCUT2D eigenvalue weighted by atomic mass is 10.2. The maximum atomic E-state index is 11.9. The van der Waals surface area contributed by atoms with Crippen LogP contribution in [0.4, 0.5) is 10.5 Å². The summed E-state index contributed by atoms with van der Waals surface area (Å²) in [5.41, 5.74) is 1.91. The van der Waals surface area contributed by atoms with E-state index >= 15 is 0 Å². The molecule has 0 spiro atoms. The number of hydrogen-bond acceptors (Lipinski definition) is 1. The highest BCUT2D eigenvalue weighted by Crippen LogP contribution is 2.10. The lowest BCUT2D eigenvalue weighted by Gasteiger charge is -2.20. The van der Waals surface area contributed by atoms with Gasteiger partial charge in [-0.1, -0.05) is 25.0 Å². The van der Waals surface area contributed by atoms with Crippen molar-refractivity contribution < 1.29 is 4.79 Å². The minimum atomic E-state index is -0.143. The third kappa shape index (κ3) is 4.20. The summed E-state index contributed by atoms with van der Waals surface area (Å²) in [6.07, 6.45) is 6.14. The first-order valence-electron chi connectivity index (χ1n) is 5.73.